The van der Waals surface area contributed by atoms with Crippen molar-refractivity contribution in [2.45, 2.75) is 26.2 Å². The molecule has 0 heterocycles. The van der Waals surface area contributed by atoms with Crippen molar-refractivity contribution in [3.63, 3.8) is 0 Å². The van der Waals surface area contributed by atoms with E-state index in [1.165, 1.54) is 6.07 Å². The van der Waals surface area contributed by atoms with Crippen LogP contribution in [0, 0.1) is 12.7 Å². The molecule has 0 aliphatic carbocycles. The maximum absolute atomic E-state index is 13.3. The van der Waals surface area contributed by atoms with Crippen LogP contribution >= 0.6 is 0 Å². The lowest BCUT2D eigenvalue weighted by atomic mass is 10.2. The first kappa shape index (κ1) is 14.9. The molecule has 0 atom stereocenters. The molecule has 1 aromatic carbocycles. The number of rotatable bonds is 7. The maximum atomic E-state index is 13.3. The van der Waals surface area contributed by atoms with E-state index >= 15 is 0 Å². The smallest absolute Gasteiger partial charge is 0.209 e. The van der Waals surface area contributed by atoms with Gasteiger partial charge in [-0.15, -0.1) is 0 Å². The molecule has 0 saturated carbocycles. The third kappa shape index (κ3) is 5.97. The normalized spacial score (nSPS) is 11.5. The summed E-state index contributed by atoms with van der Waals surface area (Å²) in [6, 6.07) is 4.68. The molecule has 0 spiro atoms. The monoisotopic (exact) mass is 275 g/mol. The van der Waals surface area contributed by atoms with Gasteiger partial charge in [-0.05, 0) is 43.9 Å². The summed E-state index contributed by atoms with van der Waals surface area (Å²) in [7, 11) is -3.38. The summed E-state index contributed by atoms with van der Waals surface area (Å²) in [6.07, 6.45) is 1.85. The molecular weight excluding hydrogens is 257 g/mol. The Bertz CT molecular complexity index is 488. The summed E-state index contributed by atoms with van der Waals surface area (Å²) in [6.45, 7) is 2.23. The van der Waals surface area contributed by atoms with Crippen LogP contribution in [0.2, 0.25) is 0 Å². The van der Waals surface area contributed by atoms with Gasteiger partial charge < -0.3 is 4.74 Å². The Morgan fingerprint density at radius 3 is 2.67 bits per heavy atom. The summed E-state index contributed by atoms with van der Waals surface area (Å²) in [5.74, 6) is -0.169. The first-order valence-electron chi connectivity index (χ1n) is 5.78. The Kier molecular flexibility index (Phi) is 5.55. The van der Waals surface area contributed by atoms with Gasteiger partial charge >= 0.3 is 0 Å². The molecule has 0 amide bonds. The minimum absolute atomic E-state index is 0.0220. The first-order valence-corrected chi connectivity index (χ1v) is 7.49. The van der Waals surface area contributed by atoms with Crippen molar-refractivity contribution in [1.29, 1.82) is 0 Å². The number of sulfonamides is 1. The maximum Gasteiger partial charge on any atom is 0.209 e. The summed E-state index contributed by atoms with van der Waals surface area (Å²) < 4.78 is 39.9. The number of hydrogen-bond donors (Lipinski definition) is 1. The van der Waals surface area contributed by atoms with E-state index in [9.17, 15) is 12.8 Å². The van der Waals surface area contributed by atoms with Crippen LogP contribution in [0.5, 0.6) is 5.75 Å². The molecule has 18 heavy (non-hydrogen) atoms. The zero-order chi connectivity index (χ0) is 13.6. The number of primary sulfonamides is 1. The molecule has 1 aromatic rings. The number of halogens is 1. The molecule has 0 unspecified atom stereocenters. The Hall–Kier alpha value is -1.14. The molecule has 102 valence electrons. The highest BCUT2D eigenvalue weighted by Gasteiger charge is 2.04. The van der Waals surface area contributed by atoms with Crippen molar-refractivity contribution in [3.05, 3.63) is 29.6 Å². The third-order valence-corrected chi connectivity index (χ3v) is 3.28. The minimum Gasteiger partial charge on any atom is -0.491 e. The van der Waals surface area contributed by atoms with E-state index in [-0.39, 0.29) is 17.3 Å². The van der Waals surface area contributed by atoms with Crippen molar-refractivity contribution < 1.29 is 17.5 Å². The van der Waals surface area contributed by atoms with E-state index in [2.05, 4.69) is 0 Å². The van der Waals surface area contributed by atoms with Gasteiger partial charge in [-0.25, -0.2) is 17.9 Å². The lowest BCUT2D eigenvalue weighted by Gasteiger charge is -2.07. The second kappa shape index (κ2) is 6.70. The molecule has 2 N–H and O–H groups in total. The van der Waals surface area contributed by atoms with Crippen molar-refractivity contribution in [2.24, 2.45) is 5.14 Å². The lowest BCUT2D eigenvalue weighted by molar-refractivity contribution is 0.291. The topological polar surface area (TPSA) is 69.4 Å². The number of unbranched alkanes of at least 4 members (excludes halogenated alkanes) is 2. The van der Waals surface area contributed by atoms with Crippen LogP contribution in [0.4, 0.5) is 4.39 Å². The fraction of sp³-hybridized carbons (Fsp3) is 0.500. The summed E-state index contributed by atoms with van der Waals surface area (Å²) in [5.41, 5.74) is 0.931. The number of ether oxygens (including phenoxy) is 1. The van der Waals surface area contributed by atoms with Crippen LogP contribution in [-0.2, 0) is 10.0 Å². The van der Waals surface area contributed by atoms with Crippen molar-refractivity contribution in [2.75, 3.05) is 12.4 Å². The van der Waals surface area contributed by atoms with E-state index in [0.29, 0.717) is 25.9 Å². The molecule has 4 nitrogen and oxygen atoms in total. The molecule has 0 saturated heterocycles. The van der Waals surface area contributed by atoms with Crippen LogP contribution in [0.1, 0.15) is 24.8 Å². The van der Waals surface area contributed by atoms with Gasteiger partial charge in [0, 0.05) is 0 Å². The summed E-state index contributed by atoms with van der Waals surface area (Å²) in [5, 5.41) is 4.87. The summed E-state index contributed by atoms with van der Waals surface area (Å²) in [4.78, 5) is 0. The van der Waals surface area contributed by atoms with Crippen LogP contribution < -0.4 is 9.88 Å². The number of hydrogen-bond acceptors (Lipinski definition) is 3. The van der Waals surface area contributed by atoms with Crippen molar-refractivity contribution in [3.8, 4) is 5.75 Å². The van der Waals surface area contributed by atoms with E-state index in [0.717, 1.165) is 5.56 Å². The highest BCUT2D eigenvalue weighted by molar-refractivity contribution is 7.89. The standard InChI is InChI=1S/C12H18FNO3S/c1-10-5-6-11(13)12(9-10)17-7-3-2-4-8-18(14,15)16/h5-6,9H,2-4,7-8H2,1H3,(H2,14,15,16). The van der Waals surface area contributed by atoms with Gasteiger partial charge in [-0.1, -0.05) is 6.07 Å². The Labute approximate surface area is 107 Å². The van der Waals surface area contributed by atoms with Crippen LogP contribution in [0.25, 0.3) is 0 Å². The minimum atomic E-state index is -3.38. The second-order valence-electron chi connectivity index (χ2n) is 4.21. The fourth-order valence-electron chi connectivity index (χ4n) is 1.49. The molecule has 0 radical (unpaired) electrons. The zero-order valence-corrected chi connectivity index (χ0v) is 11.2. The summed E-state index contributed by atoms with van der Waals surface area (Å²) >= 11 is 0. The largest absolute Gasteiger partial charge is 0.491 e. The molecule has 6 heteroatoms. The predicted octanol–water partition coefficient (Wildman–Crippen LogP) is 1.97. The van der Waals surface area contributed by atoms with Gasteiger partial charge in [-0.3, -0.25) is 0 Å². The van der Waals surface area contributed by atoms with Gasteiger partial charge in [0.2, 0.25) is 10.0 Å². The van der Waals surface area contributed by atoms with E-state index in [4.69, 9.17) is 9.88 Å². The van der Waals surface area contributed by atoms with Crippen molar-refractivity contribution >= 4 is 10.0 Å². The lowest BCUT2D eigenvalue weighted by Crippen LogP contribution is -2.16. The van der Waals surface area contributed by atoms with E-state index < -0.39 is 10.0 Å². The molecule has 0 aliphatic rings. The molecule has 0 aliphatic heterocycles. The molecule has 0 fully saturated rings. The predicted molar refractivity (Wildman–Crippen MR) is 68.5 cm³/mol. The average Bonchev–Trinajstić information content (AvgIpc) is 2.26. The van der Waals surface area contributed by atoms with Gasteiger partial charge in [0.25, 0.3) is 0 Å². The van der Waals surface area contributed by atoms with E-state index in [1.807, 2.05) is 6.92 Å². The van der Waals surface area contributed by atoms with Gasteiger partial charge in [-0.2, -0.15) is 0 Å². The Balaban J connectivity index is 2.24. The average molecular weight is 275 g/mol. The zero-order valence-electron chi connectivity index (χ0n) is 10.4. The van der Waals surface area contributed by atoms with Crippen LogP contribution in [0.15, 0.2) is 18.2 Å². The second-order valence-corrected chi connectivity index (χ2v) is 5.94. The van der Waals surface area contributed by atoms with E-state index in [1.54, 1.807) is 12.1 Å². The van der Waals surface area contributed by atoms with Crippen molar-refractivity contribution in [1.82, 2.24) is 0 Å². The highest BCUT2D eigenvalue weighted by Crippen LogP contribution is 2.18. The number of aryl methyl sites for hydroxylation is 1. The Morgan fingerprint density at radius 1 is 1.28 bits per heavy atom. The van der Waals surface area contributed by atoms with Gasteiger partial charge in [0.15, 0.2) is 11.6 Å². The van der Waals surface area contributed by atoms with Gasteiger partial charge in [0.05, 0.1) is 12.4 Å². The van der Waals surface area contributed by atoms with Gasteiger partial charge in [0.1, 0.15) is 0 Å². The third-order valence-electron chi connectivity index (χ3n) is 2.42. The SMILES string of the molecule is Cc1ccc(F)c(OCCCCCS(N)(=O)=O)c1. The number of nitrogens with two attached hydrogens (primary N) is 1. The number of benzene rings is 1. The fourth-order valence-corrected chi connectivity index (χ4v) is 2.09. The molecular formula is C12H18FNO3S. The Morgan fingerprint density at radius 2 is 2.00 bits per heavy atom. The molecule has 0 bridgehead atoms. The first-order chi connectivity index (χ1) is 8.38. The van der Waals surface area contributed by atoms with Crippen LogP contribution in [0.3, 0.4) is 0 Å². The highest BCUT2D eigenvalue weighted by atomic mass is 32.2. The quantitative estimate of drug-likeness (QED) is 0.773. The molecule has 0 aromatic heterocycles. The van der Waals surface area contributed by atoms with Crippen LogP contribution in [-0.4, -0.2) is 20.8 Å². The molecule has 1 rings (SSSR count).